The van der Waals surface area contributed by atoms with E-state index >= 15 is 0 Å². The summed E-state index contributed by atoms with van der Waals surface area (Å²) in [5.41, 5.74) is 6.76. The van der Waals surface area contributed by atoms with Crippen LogP contribution >= 0.6 is 11.8 Å². The second-order valence-electron chi connectivity index (χ2n) is 3.43. The van der Waals surface area contributed by atoms with Crippen molar-refractivity contribution in [2.24, 2.45) is 10.7 Å². The Hall–Kier alpha value is -1.33. The first-order chi connectivity index (χ1) is 8.11. The monoisotopic (exact) mass is 254 g/mol. The molecule has 0 atom stereocenters. The Bertz CT molecular complexity index is 415. The number of aliphatic hydroxyl groups excluding tert-OH is 1. The third kappa shape index (κ3) is 5.51. The fourth-order valence-electron chi connectivity index (χ4n) is 1.02. The lowest BCUT2D eigenvalue weighted by atomic mass is 10.2. The number of thioether (sulfide) groups is 1. The SMILES string of the molecule is CC(=N/C=C(\N)CO)SCc1ccc(F)cc1. The number of aliphatic hydroxyl groups is 1. The van der Waals surface area contributed by atoms with Crippen LogP contribution in [0.4, 0.5) is 4.39 Å². The number of halogens is 1. The number of nitrogens with zero attached hydrogens (tertiary/aromatic N) is 1. The van der Waals surface area contributed by atoms with E-state index in [2.05, 4.69) is 4.99 Å². The first kappa shape index (κ1) is 13.7. The molecule has 0 unspecified atom stereocenters. The minimum absolute atomic E-state index is 0.195. The van der Waals surface area contributed by atoms with Crippen LogP contribution in [0.3, 0.4) is 0 Å². The maximum atomic E-state index is 12.7. The van der Waals surface area contributed by atoms with Gasteiger partial charge in [-0.25, -0.2) is 4.39 Å². The molecular formula is C12H15FN2OS. The highest BCUT2D eigenvalue weighted by Crippen LogP contribution is 2.14. The van der Waals surface area contributed by atoms with Gasteiger partial charge in [-0.1, -0.05) is 12.1 Å². The van der Waals surface area contributed by atoms with E-state index in [1.807, 2.05) is 6.92 Å². The molecule has 3 N–H and O–H groups in total. The summed E-state index contributed by atoms with van der Waals surface area (Å²) in [6.45, 7) is 1.66. The summed E-state index contributed by atoms with van der Waals surface area (Å²) in [4.78, 5) is 4.09. The fourth-order valence-corrected chi connectivity index (χ4v) is 1.72. The zero-order chi connectivity index (χ0) is 12.7. The molecule has 0 spiro atoms. The Labute approximate surface area is 104 Å². The molecule has 0 heterocycles. The van der Waals surface area contributed by atoms with Crippen LogP contribution in [0.25, 0.3) is 0 Å². The standard InChI is InChI=1S/C12H15FN2OS/c1-9(15-6-12(14)7-16)17-8-10-2-4-11(13)5-3-10/h2-6,16H,7-8,14H2,1H3/b12-6-,15-9?. The number of aliphatic imine (C=N–C) groups is 1. The van der Waals surface area contributed by atoms with Crippen molar-refractivity contribution >= 4 is 16.8 Å². The van der Waals surface area contributed by atoms with E-state index in [0.717, 1.165) is 16.4 Å². The third-order valence-electron chi connectivity index (χ3n) is 1.96. The predicted octanol–water partition coefficient (Wildman–Crippen LogP) is 2.27. The molecule has 3 nitrogen and oxygen atoms in total. The average molecular weight is 254 g/mol. The van der Waals surface area contributed by atoms with Gasteiger partial charge in [-0.3, -0.25) is 4.99 Å². The summed E-state index contributed by atoms with van der Waals surface area (Å²) in [7, 11) is 0. The Morgan fingerprint density at radius 3 is 2.71 bits per heavy atom. The second-order valence-corrected chi connectivity index (χ2v) is 4.59. The average Bonchev–Trinajstić information content (AvgIpc) is 2.35. The summed E-state index contributed by atoms with van der Waals surface area (Å²) in [5.74, 6) is 0.491. The molecular weight excluding hydrogens is 239 g/mol. The van der Waals surface area contributed by atoms with Crippen molar-refractivity contribution in [3.05, 3.63) is 47.5 Å². The summed E-state index contributed by atoms with van der Waals surface area (Å²) < 4.78 is 12.7. The topological polar surface area (TPSA) is 58.6 Å². The van der Waals surface area contributed by atoms with Gasteiger partial charge in [-0.15, -0.1) is 11.8 Å². The summed E-state index contributed by atoms with van der Waals surface area (Å²) in [6, 6.07) is 6.36. The van der Waals surface area contributed by atoms with Crippen molar-refractivity contribution in [2.45, 2.75) is 12.7 Å². The molecule has 1 rings (SSSR count). The molecule has 0 amide bonds. The Balaban J connectivity index is 2.48. The molecule has 0 saturated heterocycles. The minimum Gasteiger partial charge on any atom is -0.399 e. The highest BCUT2D eigenvalue weighted by molar-refractivity contribution is 8.13. The van der Waals surface area contributed by atoms with Gasteiger partial charge in [0.05, 0.1) is 17.3 Å². The van der Waals surface area contributed by atoms with Gasteiger partial charge >= 0.3 is 0 Å². The first-order valence-electron chi connectivity index (χ1n) is 5.09. The van der Waals surface area contributed by atoms with E-state index in [1.54, 1.807) is 12.1 Å². The summed E-state index contributed by atoms with van der Waals surface area (Å²) in [5, 5.41) is 9.52. The zero-order valence-electron chi connectivity index (χ0n) is 9.56. The van der Waals surface area contributed by atoms with E-state index < -0.39 is 0 Å². The van der Waals surface area contributed by atoms with E-state index in [-0.39, 0.29) is 12.4 Å². The molecule has 0 radical (unpaired) electrons. The van der Waals surface area contributed by atoms with Gasteiger partial charge in [0.2, 0.25) is 0 Å². The van der Waals surface area contributed by atoms with Gasteiger partial charge < -0.3 is 10.8 Å². The van der Waals surface area contributed by atoms with E-state index in [4.69, 9.17) is 10.8 Å². The molecule has 92 valence electrons. The molecule has 5 heteroatoms. The fraction of sp³-hybridized carbons (Fsp3) is 0.250. The molecule has 0 aromatic heterocycles. The number of rotatable bonds is 4. The zero-order valence-corrected chi connectivity index (χ0v) is 10.4. The van der Waals surface area contributed by atoms with Gasteiger partial charge in [0.25, 0.3) is 0 Å². The molecule has 0 aliphatic rings. The quantitative estimate of drug-likeness (QED) is 0.640. The van der Waals surface area contributed by atoms with Gasteiger partial charge in [-0.2, -0.15) is 0 Å². The normalized spacial score (nSPS) is 12.9. The number of nitrogens with two attached hydrogens (primary N) is 1. The van der Waals surface area contributed by atoms with Gasteiger partial charge in [-0.05, 0) is 24.6 Å². The van der Waals surface area contributed by atoms with Crippen LogP contribution in [0.5, 0.6) is 0 Å². The third-order valence-corrected chi connectivity index (χ3v) is 2.96. The second kappa shape index (κ2) is 7.09. The highest BCUT2D eigenvalue weighted by Gasteiger charge is 1.96. The predicted molar refractivity (Wildman–Crippen MR) is 70.2 cm³/mol. The molecule has 0 fully saturated rings. The van der Waals surface area contributed by atoms with Crippen LogP contribution in [0.2, 0.25) is 0 Å². The molecule has 0 aliphatic heterocycles. The largest absolute Gasteiger partial charge is 0.399 e. The van der Waals surface area contributed by atoms with Gasteiger partial charge in [0.15, 0.2) is 0 Å². The van der Waals surface area contributed by atoms with Crippen LogP contribution in [0.1, 0.15) is 12.5 Å². The van der Waals surface area contributed by atoms with E-state index in [9.17, 15) is 4.39 Å². The number of hydrogen-bond donors (Lipinski definition) is 2. The van der Waals surface area contributed by atoms with Crippen LogP contribution < -0.4 is 5.73 Å². The minimum atomic E-state index is -0.234. The van der Waals surface area contributed by atoms with Crippen molar-refractivity contribution in [1.82, 2.24) is 0 Å². The number of hydrogen-bond acceptors (Lipinski definition) is 4. The Morgan fingerprint density at radius 1 is 1.47 bits per heavy atom. The van der Waals surface area contributed by atoms with Gasteiger partial charge in [0.1, 0.15) is 5.82 Å². The lowest BCUT2D eigenvalue weighted by Gasteiger charge is -2.00. The molecule has 1 aromatic carbocycles. The van der Waals surface area contributed by atoms with E-state index in [0.29, 0.717) is 5.70 Å². The van der Waals surface area contributed by atoms with Crippen LogP contribution in [-0.4, -0.2) is 16.8 Å². The van der Waals surface area contributed by atoms with Crippen molar-refractivity contribution < 1.29 is 9.50 Å². The van der Waals surface area contributed by atoms with Crippen LogP contribution in [-0.2, 0) is 5.75 Å². The molecule has 0 bridgehead atoms. The van der Waals surface area contributed by atoms with E-state index in [1.165, 1.54) is 30.1 Å². The lowest BCUT2D eigenvalue weighted by Crippen LogP contribution is -2.01. The van der Waals surface area contributed by atoms with Crippen molar-refractivity contribution in [3.8, 4) is 0 Å². The van der Waals surface area contributed by atoms with Crippen molar-refractivity contribution in [2.75, 3.05) is 6.61 Å². The Kier molecular flexibility index (Phi) is 5.72. The summed E-state index contributed by atoms with van der Waals surface area (Å²) >= 11 is 1.53. The van der Waals surface area contributed by atoms with Crippen molar-refractivity contribution in [3.63, 3.8) is 0 Å². The smallest absolute Gasteiger partial charge is 0.123 e. The lowest BCUT2D eigenvalue weighted by molar-refractivity contribution is 0.329. The first-order valence-corrected chi connectivity index (χ1v) is 6.07. The highest BCUT2D eigenvalue weighted by atomic mass is 32.2. The molecule has 0 saturated carbocycles. The maximum absolute atomic E-state index is 12.7. The maximum Gasteiger partial charge on any atom is 0.123 e. The van der Waals surface area contributed by atoms with Crippen molar-refractivity contribution in [1.29, 1.82) is 0 Å². The Morgan fingerprint density at radius 2 is 2.12 bits per heavy atom. The van der Waals surface area contributed by atoms with Crippen LogP contribution in [0, 0.1) is 5.82 Å². The number of benzene rings is 1. The molecule has 1 aromatic rings. The van der Waals surface area contributed by atoms with Gasteiger partial charge in [0, 0.05) is 12.0 Å². The molecule has 17 heavy (non-hydrogen) atoms. The molecule has 0 aliphatic carbocycles. The summed E-state index contributed by atoms with van der Waals surface area (Å²) in [6.07, 6.45) is 1.44. The van der Waals surface area contributed by atoms with Crippen LogP contribution in [0.15, 0.2) is 41.2 Å².